The van der Waals surface area contributed by atoms with Crippen molar-refractivity contribution < 1.29 is 4.79 Å². The van der Waals surface area contributed by atoms with Gasteiger partial charge in [-0.3, -0.25) is 4.79 Å². The molecule has 1 amide bonds. The van der Waals surface area contributed by atoms with Crippen LogP contribution in [0.25, 0.3) is 0 Å². The zero-order chi connectivity index (χ0) is 14.5. The predicted octanol–water partition coefficient (Wildman–Crippen LogP) is 2.54. The molecule has 7 heteroatoms. The molecule has 0 bridgehead atoms. The summed E-state index contributed by atoms with van der Waals surface area (Å²) in [4.78, 5) is 19.9. The maximum Gasteiger partial charge on any atom is 0.256 e. The van der Waals surface area contributed by atoms with Gasteiger partial charge in [0.15, 0.2) is 10.3 Å². The topological polar surface area (TPSA) is 80.9 Å². The number of anilines is 1. The summed E-state index contributed by atoms with van der Waals surface area (Å²) in [5.41, 5.74) is 7.11. The molecule has 0 aliphatic carbocycles. The number of aromatic nitrogens is 2. The second-order valence-electron chi connectivity index (χ2n) is 3.98. The van der Waals surface area contributed by atoms with E-state index in [-0.39, 0.29) is 21.9 Å². The summed E-state index contributed by atoms with van der Waals surface area (Å²) >= 11 is 11.8. The van der Waals surface area contributed by atoms with Crippen LogP contribution in [0, 0.1) is 0 Å². The maximum absolute atomic E-state index is 12.3. The van der Waals surface area contributed by atoms with Crippen LogP contribution in [0.5, 0.6) is 0 Å². The number of carbonyl (C=O) groups is 1. The highest BCUT2D eigenvalue weighted by atomic mass is 35.5. The fourth-order valence-corrected chi connectivity index (χ4v) is 2.15. The van der Waals surface area contributed by atoms with Crippen molar-refractivity contribution in [2.45, 2.75) is 6.42 Å². The predicted molar refractivity (Wildman–Crippen MR) is 79.2 cm³/mol. The van der Waals surface area contributed by atoms with Gasteiger partial charge in [-0.15, -0.1) is 0 Å². The molecular formula is C13H12Cl2N4O. The number of amides is 1. The van der Waals surface area contributed by atoms with Crippen LogP contribution in [0.2, 0.25) is 10.3 Å². The van der Waals surface area contributed by atoms with Crippen LogP contribution < -0.4 is 11.1 Å². The van der Waals surface area contributed by atoms with Gasteiger partial charge in [-0.05, 0) is 24.6 Å². The first-order chi connectivity index (χ1) is 9.63. The zero-order valence-corrected chi connectivity index (χ0v) is 11.9. The quantitative estimate of drug-likeness (QED) is 0.850. The third-order valence-corrected chi connectivity index (χ3v) is 3.24. The van der Waals surface area contributed by atoms with Crippen molar-refractivity contribution in [1.82, 2.24) is 9.97 Å². The lowest BCUT2D eigenvalue weighted by atomic mass is 10.0. The molecule has 0 aliphatic heterocycles. The summed E-state index contributed by atoms with van der Waals surface area (Å²) in [6.45, 7) is 0.459. The summed E-state index contributed by atoms with van der Waals surface area (Å²) in [6.07, 6.45) is 1.83. The van der Waals surface area contributed by atoms with E-state index in [4.69, 9.17) is 28.9 Å². The van der Waals surface area contributed by atoms with E-state index in [2.05, 4.69) is 15.3 Å². The van der Waals surface area contributed by atoms with E-state index in [0.717, 1.165) is 5.56 Å². The Morgan fingerprint density at radius 1 is 1.20 bits per heavy atom. The molecule has 5 nitrogen and oxygen atoms in total. The molecule has 1 aromatic heterocycles. The van der Waals surface area contributed by atoms with E-state index < -0.39 is 0 Å². The third-order valence-electron chi connectivity index (χ3n) is 2.67. The Morgan fingerprint density at radius 3 is 2.50 bits per heavy atom. The highest BCUT2D eigenvalue weighted by molar-refractivity contribution is 6.38. The van der Waals surface area contributed by atoms with Crippen LogP contribution in [-0.4, -0.2) is 22.4 Å². The van der Waals surface area contributed by atoms with Crippen molar-refractivity contribution >= 4 is 34.8 Å². The van der Waals surface area contributed by atoms with Gasteiger partial charge in [-0.1, -0.05) is 41.4 Å². The average molecular weight is 311 g/mol. The number of nitrogens with one attached hydrogen (secondary N) is 1. The fraction of sp³-hybridized carbons (Fsp3) is 0.154. The van der Waals surface area contributed by atoms with Gasteiger partial charge in [-0.2, -0.15) is 0 Å². The molecule has 3 N–H and O–H groups in total. The molecule has 0 radical (unpaired) electrons. The highest BCUT2D eigenvalue weighted by Gasteiger charge is 2.15. The molecule has 104 valence electrons. The Hall–Kier alpha value is -1.69. The van der Waals surface area contributed by atoms with E-state index in [1.807, 2.05) is 12.1 Å². The maximum atomic E-state index is 12.3. The van der Waals surface area contributed by atoms with Crippen LogP contribution in [0.3, 0.4) is 0 Å². The lowest BCUT2D eigenvalue weighted by Gasteiger charge is -2.10. The average Bonchev–Trinajstić information content (AvgIpc) is 2.44. The summed E-state index contributed by atoms with van der Waals surface area (Å²) in [6, 6.07) is 7.20. The second-order valence-corrected chi connectivity index (χ2v) is 4.70. The molecule has 0 unspecified atom stereocenters. The van der Waals surface area contributed by atoms with E-state index in [9.17, 15) is 4.79 Å². The smallest absolute Gasteiger partial charge is 0.256 e. The van der Waals surface area contributed by atoms with Gasteiger partial charge < -0.3 is 11.1 Å². The molecule has 2 rings (SSSR count). The van der Waals surface area contributed by atoms with Gasteiger partial charge in [0.05, 0.1) is 0 Å². The van der Waals surface area contributed by atoms with Gasteiger partial charge in [0.2, 0.25) is 0 Å². The van der Waals surface area contributed by atoms with Gasteiger partial charge in [0, 0.05) is 5.56 Å². The minimum Gasteiger partial charge on any atom is -0.330 e. The number of hydrogen-bond acceptors (Lipinski definition) is 4. The highest BCUT2D eigenvalue weighted by Crippen LogP contribution is 2.26. The first-order valence-electron chi connectivity index (χ1n) is 5.88. The summed E-state index contributed by atoms with van der Waals surface area (Å²) < 4.78 is 0. The number of rotatable bonds is 4. The van der Waals surface area contributed by atoms with Gasteiger partial charge >= 0.3 is 0 Å². The van der Waals surface area contributed by atoms with Crippen molar-refractivity contribution in [1.29, 1.82) is 0 Å². The first kappa shape index (κ1) is 14.7. The molecule has 0 atom stereocenters. The number of hydrogen-bond donors (Lipinski definition) is 2. The van der Waals surface area contributed by atoms with Crippen LogP contribution >= 0.6 is 23.2 Å². The van der Waals surface area contributed by atoms with Gasteiger partial charge in [0.1, 0.15) is 12.0 Å². The molecule has 0 fully saturated rings. The van der Waals surface area contributed by atoms with Crippen LogP contribution in [0.15, 0.2) is 30.6 Å². The molecule has 0 saturated heterocycles. The van der Waals surface area contributed by atoms with Crippen molar-refractivity contribution in [3.8, 4) is 0 Å². The van der Waals surface area contributed by atoms with E-state index in [0.29, 0.717) is 18.5 Å². The normalized spacial score (nSPS) is 10.3. The van der Waals surface area contributed by atoms with Crippen LogP contribution in [0.1, 0.15) is 15.9 Å². The summed E-state index contributed by atoms with van der Waals surface area (Å²) in [5.74, 6) is -0.326. The molecule has 0 aliphatic rings. The lowest BCUT2D eigenvalue weighted by molar-refractivity contribution is 0.102. The molecule has 2 aromatic rings. The van der Waals surface area contributed by atoms with E-state index in [1.165, 1.54) is 6.33 Å². The minimum absolute atomic E-state index is 0.0923. The monoisotopic (exact) mass is 310 g/mol. The number of nitrogens with zero attached hydrogens (tertiary/aromatic N) is 2. The third kappa shape index (κ3) is 3.25. The molecule has 0 spiro atoms. The van der Waals surface area contributed by atoms with Gasteiger partial charge in [-0.25, -0.2) is 9.97 Å². The zero-order valence-electron chi connectivity index (χ0n) is 10.4. The van der Waals surface area contributed by atoms with Crippen molar-refractivity contribution in [3.63, 3.8) is 0 Å². The van der Waals surface area contributed by atoms with Crippen molar-refractivity contribution in [2.75, 3.05) is 11.9 Å². The molecule has 1 aromatic carbocycles. The number of benzene rings is 1. The Morgan fingerprint density at radius 2 is 1.85 bits per heavy atom. The summed E-state index contributed by atoms with van der Waals surface area (Å²) in [7, 11) is 0. The Labute approximate surface area is 126 Å². The van der Waals surface area contributed by atoms with Crippen molar-refractivity contribution in [2.24, 2.45) is 5.73 Å². The van der Waals surface area contributed by atoms with Crippen molar-refractivity contribution in [3.05, 3.63) is 52.0 Å². The molecular weight excluding hydrogens is 299 g/mol. The largest absolute Gasteiger partial charge is 0.330 e. The standard InChI is InChI=1S/C13H12Cl2N4O/c14-11-10(12(15)18-7-17-11)19-13(20)9-4-2-1-3-8(9)5-6-16/h1-4,7H,5-6,16H2,(H,19,20). The number of carbonyl (C=O) groups excluding carboxylic acids is 1. The Kier molecular flexibility index (Phi) is 4.89. The van der Waals surface area contributed by atoms with Gasteiger partial charge in [0.25, 0.3) is 5.91 Å². The second kappa shape index (κ2) is 6.65. The van der Waals surface area contributed by atoms with E-state index in [1.54, 1.807) is 12.1 Å². The van der Waals surface area contributed by atoms with E-state index >= 15 is 0 Å². The minimum atomic E-state index is -0.326. The Balaban J connectivity index is 2.29. The van der Waals surface area contributed by atoms with Crippen LogP contribution in [0.4, 0.5) is 5.69 Å². The molecule has 20 heavy (non-hydrogen) atoms. The number of nitrogens with two attached hydrogens (primary N) is 1. The van der Waals surface area contributed by atoms with Crippen LogP contribution in [-0.2, 0) is 6.42 Å². The lowest BCUT2D eigenvalue weighted by Crippen LogP contribution is -2.16. The molecule has 1 heterocycles. The fourth-order valence-electron chi connectivity index (χ4n) is 1.74. The first-order valence-corrected chi connectivity index (χ1v) is 6.64. The Bertz CT molecular complexity index is 613. The summed E-state index contributed by atoms with van der Waals surface area (Å²) in [5, 5.41) is 2.81. The SMILES string of the molecule is NCCc1ccccc1C(=O)Nc1c(Cl)ncnc1Cl. The molecule has 0 saturated carbocycles. The number of halogens is 2.